The molecule has 0 spiro atoms. The van der Waals surface area contributed by atoms with Crippen molar-refractivity contribution in [1.29, 1.82) is 0 Å². The monoisotopic (exact) mass is 543 g/mol. The van der Waals surface area contributed by atoms with E-state index >= 15 is 0 Å². The number of carbonyl (C=O) groups excluding carboxylic acids is 1. The van der Waals surface area contributed by atoms with Crippen molar-refractivity contribution in [2.24, 2.45) is 11.8 Å². The SMILES string of the molecule is CCc1ccc(N(CC(C)C)S(=O)(=O)c2ccc3c(c2)C(O)CCN3CC2CCN(C(=O)CO)CC2)cc1. The number of amides is 1. The highest BCUT2D eigenvalue weighted by Crippen LogP contribution is 2.38. The van der Waals surface area contributed by atoms with E-state index < -0.39 is 22.7 Å². The molecule has 8 nitrogen and oxygen atoms in total. The van der Waals surface area contributed by atoms with Gasteiger partial charge in [0.05, 0.1) is 16.7 Å². The standard InChI is InChI=1S/C29H41N3O5S/c1-4-22-5-7-24(8-6-22)32(18-21(2)3)38(36,37)25-9-10-27-26(17-25)28(34)13-16-31(27)19-23-11-14-30(15-12-23)29(35)20-33/h5-10,17,21,23,28,33-34H,4,11-16,18-20H2,1-3H3. The summed E-state index contributed by atoms with van der Waals surface area (Å²) in [6.07, 6.45) is 2.41. The van der Waals surface area contributed by atoms with Gasteiger partial charge in [0.2, 0.25) is 5.91 Å². The number of hydrogen-bond acceptors (Lipinski definition) is 6. The number of carbonyl (C=O) groups is 1. The fourth-order valence-electron chi connectivity index (χ4n) is 5.47. The molecular formula is C29H41N3O5S. The van der Waals surface area contributed by atoms with E-state index in [9.17, 15) is 18.3 Å². The van der Waals surface area contributed by atoms with Crippen LogP contribution in [0.5, 0.6) is 0 Å². The summed E-state index contributed by atoms with van der Waals surface area (Å²) in [5, 5.41) is 20.0. The molecule has 38 heavy (non-hydrogen) atoms. The molecule has 0 bridgehead atoms. The molecule has 2 aliphatic rings. The van der Waals surface area contributed by atoms with Gasteiger partial charge in [0, 0.05) is 44.0 Å². The minimum Gasteiger partial charge on any atom is -0.388 e. The highest BCUT2D eigenvalue weighted by atomic mass is 32.2. The van der Waals surface area contributed by atoms with Crippen molar-refractivity contribution >= 4 is 27.3 Å². The molecule has 0 saturated carbocycles. The quantitative estimate of drug-likeness (QED) is 0.502. The molecule has 0 aromatic heterocycles. The molecule has 1 fully saturated rings. The summed E-state index contributed by atoms with van der Waals surface area (Å²) in [7, 11) is -3.84. The molecule has 2 aromatic rings. The maximum atomic E-state index is 13.9. The molecule has 1 atom stereocenters. The van der Waals surface area contributed by atoms with E-state index in [1.165, 1.54) is 4.31 Å². The second kappa shape index (κ2) is 12.1. The lowest BCUT2D eigenvalue weighted by Gasteiger charge is -2.39. The van der Waals surface area contributed by atoms with E-state index in [-0.39, 0.29) is 16.7 Å². The van der Waals surface area contributed by atoms with Gasteiger partial charge >= 0.3 is 0 Å². The van der Waals surface area contributed by atoms with E-state index in [0.717, 1.165) is 37.1 Å². The first-order valence-corrected chi connectivity index (χ1v) is 15.1. The van der Waals surface area contributed by atoms with Gasteiger partial charge in [-0.2, -0.15) is 0 Å². The molecule has 2 aromatic carbocycles. The van der Waals surface area contributed by atoms with Crippen LogP contribution in [0.3, 0.4) is 0 Å². The van der Waals surface area contributed by atoms with Gasteiger partial charge in [-0.3, -0.25) is 9.10 Å². The van der Waals surface area contributed by atoms with Gasteiger partial charge in [-0.15, -0.1) is 0 Å². The largest absolute Gasteiger partial charge is 0.388 e. The fraction of sp³-hybridized carbons (Fsp3) is 0.552. The van der Waals surface area contributed by atoms with Crippen molar-refractivity contribution in [1.82, 2.24) is 4.90 Å². The maximum absolute atomic E-state index is 13.9. The molecule has 0 aliphatic carbocycles. The van der Waals surface area contributed by atoms with Crippen LogP contribution in [0.1, 0.15) is 57.3 Å². The van der Waals surface area contributed by atoms with Crippen LogP contribution >= 0.6 is 0 Å². The van der Waals surface area contributed by atoms with Crippen LogP contribution in [0.25, 0.3) is 0 Å². The molecule has 208 valence electrons. The first-order chi connectivity index (χ1) is 18.1. The van der Waals surface area contributed by atoms with Crippen molar-refractivity contribution in [3.05, 3.63) is 53.6 Å². The Balaban J connectivity index is 1.57. The Morgan fingerprint density at radius 3 is 2.34 bits per heavy atom. The average Bonchev–Trinajstić information content (AvgIpc) is 2.93. The molecule has 2 heterocycles. The van der Waals surface area contributed by atoms with Crippen molar-refractivity contribution in [2.45, 2.75) is 57.5 Å². The lowest BCUT2D eigenvalue weighted by Crippen LogP contribution is -2.43. The van der Waals surface area contributed by atoms with Gasteiger partial charge < -0.3 is 20.0 Å². The molecule has 2 N–H and O–H groups in total. The summed E-state index contributed by atoms with van der Waals surface area (Å²) in [4.78, 5) is 15.9. The number of nitrogens with zero attached hydrogens (tertiary/aromatic N) is 3. The van der Waals surface area contributed by atoms with Gasteiger partial charge in [0.25, 0.3) is 10.0 Å². The molecule has 9 heteroatoms. The van der Waals surface area contributed by atoms with E-state index in [2.05, 4.69) is 11.8 Å². The van der Waals surface area contributed by atoms with Crippen LogP contribution in [0, 0.1) is 11.8 Å². The second-order valence-electron chi connectivity index (χ2n) is 10.9. The normalized spacial score (nSPS) is 18.5. The second-order valence-corrected chi connectivity index (χ2v) is 12.8. The summed E-state index contributed by atoms with van der Waals surface area (Å²) in [5.41, 5.74) is 3.32. The lowest BCUT2D eigenvalue weighted by molar-refractivity contribution is -0.135. The molecule has 2 aliphatic heterocycles. The van der Waals surface area contributed by atoms with Crippen LogP contribution in [-0.2, 0) is 21.2 Å². The minimum absolute atomic E-state index is 0.133. The number of sulfonamides is 1. The molecule has 1 unspecified atom stereocenters. The number of rotatable bonds is 9. The van der Waals surface area contributed by atoms with Crippen molar-refractivity contribution in [3.8, 4) is 0 Å². The van der Waals surface area contributed by atoms with E-state index in [1.807, 2.05) is 44.2 Å². The molecular weight excluding hydrogens is 502 g/mol. The number of hydrogen-bond donors (Lipinski definition) is 2. The van der Waals surface area contributed by atoms with Crippen LogP contribution < -0.4 is 9.21 Å². The van der Waals surface area contributed by atoms with Gasteiger partial charge in [0.1, 0.15) is 6.61 Å². The predicted octanol–water partition coefficient (Wildman–Crippen LogP) is 3.57. The van der Waals surface area contributed by atoms with Crippen LogP contribution in [0.15, 0.2) is 47.4 Å². The number of fused-ring (bicyclic) bond motifs is 1. The van der Waals surface area contributed by atoms with Gasteiger partial charge in [-0.05, 0) is 73.4 Å². The third-order valence-corrected chi connectivity index (χ3v) is 9.49. The zero-order valence-electron chi connectivity index (χ0n) is 22.7. The zero-order chi connectivity index (χ0) is 27.4. The van der Waals surface area contributed by atoms with Gasteiger partial charge in [0.15, 0.2) is 0 Å². The molecule has 4 rings (SSSR count). The zero-order valence-corrected chi connectivity index (χ0v) is 23.5. The number of likely N-dealkylation sites (tertiary alicyclic amines) is 1. The number of piperidine rings is 1. The molecule has 1 amide bonds. The Morgan fingerprint density at radius 2 is 1.74 bits per heavy atom. The van der Waals surface area contributed by atoms with Gasteiger partial charge in [-0.1, -0.05) is 32.9 Å². The molecule has 1 saturated heterocycles. The third kappa shape index (κ3) is 6.16. The Morgan fingerprint density at radius 1 is 1.05 bits per heavy atom. The number of aliphatic hydroxyl groups excluding tert-OH is 2. The summed E-state index contributed by atoms with van der Waals surface area (Å²) < 4.78 is 29.3. The number of benzene rings is 2. The first kappa shape index (κ1) is 28.4. The maximum Gasteiger partial charge on any atom is 0.264 e. The van der Waals surface area contributed by atoms with Crippen LogP contribution in [0.2, 0.25) is 0 Å². The van der Waals surface area contributed by atoms with Gasteiger partial charge in [-0.25, -0.2) is 8.42 Å². The van der Waals surface area contributed by atoms with E-state index in [4.69, 9.17) is 5.11 Å². The summed E-state index contributed by atoms with van der Waals surface area (Å²) in [6.45, 7) is 8.73. The lowest BCUT2D eigenvalue weighted by atomic mass is 9.93. The predicted molar refractivity (Wildman–Crippen MR) is 150 cm³/mol. The number of aryl methyl sites for hydroxylation is 1. The fourth-order valence-corrected chi connectivity index (χ4v) is 7.13. The van der Waals surface area contributed by atoms with Crippen LogP contribution in [0.4, 0.5) is 11.4 Å². The van der Waals surface area contributed by atoms with E-state index in [0.29, 0.717) is 49.8 Å². The third-order valence-electron chi connectivity index (χ3n) is 7.70. The summed E-state index contributed by atoms with van der Waals surface area (Å²) in [6, 6.07) is 12.8. The van der Waals surface area contributed by atoms with Crippen molar-refractivity contribution in [2.75, 3.05) is 48.5 Å². The highest BCUT2D eigenvalue weighted by molar-refractivity contribution is 7.92. The average molecular weight is 544 g/mol. The summed E-state index contributed by atoms with van der Waals surface area (Å²) in [5.74, 6) is 0.293. The Labute approximate surface area is 226 Å². The smallest absolute Gasteiger partial charge is 0.264 e. The Hall–Kier alpha value is -2.62. The van der Waals surface area contributed by atoms with Crippen LogP contribution in [-0.4, -0.2) is 68.8 Å². The first-order valence-electron chi connectivity index (χ1n) is 13.7. The highest BCUT2D eigenvalue weighted by Gasteiger charge is 2.31. The van der Waals surface area contributed by atoms with Crippen molar-refractivity contribution in [3.63, 3.8) is 0 Å². The Bertz CT molecular complexity index is 1210. The van der Waals surface area contributed by atoms with Crippen molar-refractivity contribution < 1.29 is 23.4 Å². The number of aliphatic hydroxyl groups is 2. The topological polar surface area (TPSA) is 101 Å². The minimum atomic E-state index is -3.84. The molecule has 0 radical (unpaired) electrons. The number of anilines is 2. The summed E-state index contributed by atoms with van der Waals surface area (Å²) >= 11 is 0. The van der Waals surface area contributed by atoms with E-state index in [1.54, 1.807) is 17.0 Å². The Kier molecular flexibility index (Phi) is 9.00.